The first-order valence-corrected chi connectivity index (χ1v) is 6.11. The number of rotatable bonds is 3. The summed E-state index contributed by atoms with van der Waals surface area (Å²) in [7, 11) is 0. The molecular formula is C14H16N2O2. The average molecular weight is 244 g/mol. The minimum atomic E-state index is -0.226. The van der Waals surface area contributed by atoms with Crippen LogP contribution >= 0.6 is 0 Å². The number of aliphatic hydroxyl groups is 1. The highest BCUT2D eigenvalue weighted by Crippen LogP contribution is 2.33. The largest absolute Gasteiger partial charge is 0.384 e. The molecule has 2 N–H and O–H groups in total. The highest BCUT2D eigenvalue weighted by Gasteiger charge is 2.36. The fourth-order valence-corrected chi connectivity index (χ4v) is 1.93. The Kier molecular flexibility index (Phi) is 3.96. The Morgan fingerprint density at radius 1 is 1.67 bits per heavy atom. The summed E-state index contributed by atoms with van der Waals surface area (Å²) >= 11 is 0. The van der Waals surface area contributed by atoms with Crippen LogP contribution in [0.3, 0.4) is 0 Å². The van der Waals surface area contributed by atoms with Crippen LogP contribution < -0.4 is 5.32 Å². The number of nitrogens with one attached hydrogen (secondary N) is 1. The van der Waals surface area contributed by atoms with Crippen LogP contribution in [0, 0.1) is 17.8 Å². The Morgan fingerprint density at radius 2 is 2.50 bits per heavy atom. The van der Waals surface area contributed by atoms with Crippen LogP contribution in [-0.2, 0) is 0 Å². The number of aromatic nitrogens is 1. The maximum atomic E-state index is 12.0. The number of hydrogen-bond acceptors (Lipinski definition) is 3. The number of aliphatic hydroxyl groups excluding tert-OH is 1. The molecule has 0 radical (unpaired) electrons. The van der Waals surface area contributed by atoms with E-state index in [-0.39, 0.29) is 18.6 Å². The minimum absolute atomic E-state index is 0.182. The van der Waals surface area contributed by atoms with Crippen molar-refractivity contribution in [3.8, 4) is 11.8 Å². The van der Waals surface area contributed by atoms with Gasteiger partial charge in [-0.05, 0) is 24.5 Å². The maximum Gasteiger partial charge on any atom is 0.271 e. The summed E-state index contributed by atoms with van der Waals surface area (Å²) in [5.41, 5.74) is 0.887. The number of carbonyl (C=O) groups is 1. The summed E-state index contributed by atoms with van der Waals surface area (Å²) in [4.78, 5) is 16.1. The normalized spacial score (nSPS) is 20.8. The van der Waals surface area contributed by atoms with Crippen LogP contribution in [0.15, 0.2) is 18.3 Å². The van der Waals surface area contributed by atoms with Gasteiger partial charge in [0.25, 0.3) is 5.91 Å². The molecule has 1 saturated carbocycles. The molecule has 4 heteroatoms. The Hall–Kier alpha value is -1.86. The highest BCUT2D eigenvalue weighted by atomic mass is 16.2. The molecule has 0 saturated heterocycles. The van der Waals surface area contributed by atoms with Crippen LogP contribution in [0.25, 0.3) is 0 Å². The molecule has 1 aliphatic rings. The first kappa shape index (κ1) is 12.6. The molecular weight excluding hydrogens is 228 g/mol. The lowest BCUT2D eigenvalue weighted by Gasteiger charge is -2.05. The molecule has 0 bridgehead atoms. The summed E-state index contributed by atoms with van der Waals surface area (Å²) in [5.74, 6) is 5.69. The summed E-state index contributed by atoms with van der Waals surface area (Å²) in [6, 6.07) is 3.74. The predicted octanol–water partition coefficient (Wildman–Crippen LogP) is 0.954. The predicted molar refractivity (Wildman–Crippen MR) is 67.9 cm³/mol. The number of amides is 1. The van der Waals surface area contributed by atoms with Crippen molar-refractivity contribution in [2.75, 3.05) is 6.61 Å². The molecule has 1 aromatic heterocycles. The van der Waals surface area contributed by atoms with E-state index in [1.54, 1.807) is 18.3 Å². The third-order valence-electron chi connectivity index (χ3n) is 3.09. The monoisotopic (exact) mass is 244 g/mol. The smallest absolute Gasteiger partial charge is 0.271 e. The maximum absolute atomic E-state index is 12.0. The van der Waals surface area contributed by atoms with Gasteiger partial charge >= 0.3 is 0 Å². The molecule has 2 atom stereocenters. The van der Waals surface area contributed by atoms with Crippen molar-refractivity contribution in [2.24, 2.45) is 5.92 Å². The zero-order chi connectivity index (χ0) is 13.0. The van der Waals surface area contributed by atoms with E-state index in [4.69, 9.17) is 5.11 Å². The SMILES string of the molecule is CCC1CC1NC(=O)c1ncccc1C#CCO. The van der Waals surface area contributed by atoms with Gasteiger partial charge in [0.15, 0.2) is 0 Å². The zero-order valence-corrected chi connectivity index (χ0v) is 10.3. The first-order valence-electron chi connectivity index (χ1n) is 6.11. The zero-order valence-electron chi connectivity index (χ0n) is 10.3. The second-order valence-corrected chi connectivity index (χ2v) is 4.34. The van der Waals surface area contributed by atoms with Crippen molar-refractivity contribution in [1.82, 2.24) is 10.3 Å². The van der Waals surface area contributed by atoms with Crippen molar-refractivity contribution < 1.29 is 9.90 Å². The molecule has 4 nitrogen and oxygen atoms in total. The lowest BCUT2D eigenvalue weighted by atomic mass is 10.2. The van der Waals surface area contributed by atoms with Gasteiger partial charge in [-0.2, -0.15) is 0 Å². The van der Waals surface area contributed by atoms with Crippen LogP contribution in [-0.4, -0.2) is 28.6 Å². The van der Waals surface area contributed by atoms with Gasteiger partial charge < -0.3 is 10.4 Å². The van der Waals surface area contributed by atoms with Crippen molar-refractivity contribution in [3.63, 3.8) is 0 Å². The molecule has 18 heavy (non-hydrogen) atoms. The van der Waals surface area contributed by atoms with Gasteiger partial charge in [-0.3, -0.25) is 4.79 Å². The molecule has 1 heterocycles. The van der Waals surface area contributed by atoms with Gasteiger partial charge in [0, 0.05) is 12.2 Å². The Labute approximate surface area is 106 Å². The van der Waals surface area contributed by atoms with Gasteiger partial charge in [0.1, 0.15) is 12.3 Å². The molecule has 0 aliphatic heterocycles. The molecule has 0 aromatic carbocycles. The minimum Gasteiger partial charge on any atom is -0.384 e. The Morgan fingerprint density at radius 3 is 3.17 bits per heavy atom. The van der Waals surface area contributed by atoms with Crippen molar-refractivity contribution in [1.29, 1.82) is 0 Å². The highest BCUT2D eigenvalue weighted by molar-refractivity contribution is 5.95. The number of hydrogen-bond donors (Lipinski definition) is 2. The van der Waals surface area contributed by atoms with Gasteiger partial charge in [0.05, 0.1) is 5.56 Å². The summed E-state index contributed by atoms with van der Waals surface area (Å²) < 4.78 is 0. The van der Waals surface area contributed by atoms with Crippen molar-refractivity contribution in [2.45, 2.75) is 25.8 Å². The summed E-state index contributed by atoms with van der Waals surface area (Å²) in [6.45, 7) is 1.90. The van der Waals surface area contributed by atoms with Gasteiger partial charge in [-0.1, -0.05) is 25.2 Å². The molecule has 94 valence electrons. The van der Waals surface area contributed by atoms with E-state index in [2.05, 4.69) is 29.1 Å². The van der Waals surface area contributed by atoms with E-state index in [0.29, 0.717) is 17.2 Å². The van der Waals surface area contributed by atoms with E-state index < -0.39 is 0 Å². The number of pyridine rings is 1. The van der Waals surface area contributed by atoms with Gasteiger partial charge in [-0.15, -0.1) is 0 Å². The lowest BCUT2D eigenvalue weighted by Crippen LogP contribution is -2.28. The van der Waals surface area contributed by atoms with E-state index in [0.717, 1.165) is 12.8 Å². The Balaban J connectivity index is 2.10. The van der Waals surface area contributed by atoms with E-state index in [1.165, 1.54) is 0 Å². The Bertz CT molecular complexity index is 502. The quantitative estimate of drug-likeness (QED) is 0.778. The van der Waals surface area contributed by atoms with Crippen molar-refractivity contribution >= 4 is 5.91 Å². The topological polar surface area (TPSA) is 62.2 Å². The molecule has 1 aromatic rings. The lowest BCUT2D eigenvalue weighted by molar-refractivity contribution is 0.0943. The molecule has 2 rings (SSSR count). The van der Waals surface area contributed by atoms with Crippen LogP contribution in [0.1, 0.15) is 35.8 Å². The second-order valence-electron chi connectivity index (χ2n) is 4.34. The molecule has 2 unspecified atom stereocenters. The summed E-state index contributed by atoms with van der Waals surface area (Å²) in [5, 5.41) is 11.6. The number of nitrogens with zero attached hydrogens (tertiary/aromatic N) is 1. The molecule has 1 fully saturated rings. The van der Waals surface area contributed by atoms with Crippen LogP contribution in [0.2, 0.25) is 0 Å². The van der Waals surface area contributed by atoms with Gasteiger partial charge in [-0.25, -0.2) is 4.98 Å². The first-order chi connectivity index (χ1) is 8.76. The van der Waals surface area contributed by atoms with E-state index in [1.807, 2.05) is 0 Å². The molecule has 0 spiro atoms. The fourth-order valence-electron chi connectivity index (χ4n) is 1.93. The van der Waals surface area contributed by atoms with Crippen LogP contribution in [0.4, 0.5) is 0 Å². The average Bonchev–Trinajstić information content (AvgIpc) is 3.15. The standard InChI is InChI=1S/C14H16N2O2/c1-2-10-9-12(10)16-14(18)13-11(6-4-8-17)5-3-7-15-13/h3,5,7,10,12,17H,2,8-9H2,1H3,(H,16,18). The van der Waals surface area contributed by atoms with Crippen molar-refractivity contribution in [3.05, 3.63) is 29.6 Å². The van der Waals surface area contributed by atoms with E-state index in [9.17, 15) is 4.79 Å². The van der Waals surface area contributed by atoms with Crippen LogP contribution in [0.5, 0.6) is 0 Å². The molecule has 1 amide bonds. The number of carbonyl (C=O) groups excluding carboxylic acids is 1. The third kappa shape index (κ3) is 2.88. The fraction of sp³-hybridized carbons (Fsp3) is 0.429. The summed E-state index contributed by atoms with van der Waals surface area (Å²) in [6.07, 6.45) is 3.71. The molecule has 1 aliphatic carbocycles. The second kappa shape index (κ2) is 5.65. The van der Waals surface area contributed by atoms with Gasteiger partial charge in [0.2, 0.25) is 0 Å². The van der Waals surface area contributed by atoms with E-state index >= 15 is 0 Å². The third-order valence-corrected chi connectivity index (χ3v) is 3.09.